The Bertz CT molecular complexity index is 544. The average Bonchev–Trinajstić information content (AvgIpc) is 3.18. The number of nitrogens with one attached hydrogen (secondary N) is 2. The summed E-state index contributed by atoms with van der Waals surface area (Å²) in [4.78, 5) is 16.5. The quantitative estimate of drug-likeness (QED) is 0.643. The summed E-state index contributed by atoms with van der Waals surface area (Å²) < 4.78 is 0. The van der Waals surface area contributed by atoms with Gasteiger partial charge in [-0.15, -0.1) is 36.2 Å². The van der Waals surface area contributed by atoms with Crippen LogP contribution in [0.4, 0.5) is 0 Å². The molecule has 2 aliphatic rings. The number of hydrogen-bond acceptors (Lipinski definition) is 4. The molecule has 3 rings (SSSR count). The zero-order valence-electron chi connectivity index (χ0n) is 17.2. The van der Waals surface area contributed by atoms with E-state index in [1.54, 1.807) is 0 Å². The van der Waals surface area contributed by atoms with Crippen LogP contribution in [0.1, 0.15) is 56.9 Å². The molecule has 7 heteroatoms. The maximum atomic E-state index is 12.6. The van der Waals surface area contributed by atoms with Crippen molar-refractivity contribution >= 4 is 42.1 Å². The van der Waals surface area contributed by atoms with Gasteiger partial charge >= 0.3 is 0 Å². The van der Waals surface area contributed by atoms with Crippen molar-refractivity contribution in [3.8, 4) is 0 Å². The van der Waals surface area contributed by atoms with Gasteiger partial charge in [-0.05, 0) is 81.1 Å². The van der Waals surface area contributed by atoms with E-state index >= 15 is 0 Å². The summed E-state index contributed by atoms with van der Waals surface area (Å²) in [6.07, 6.45) is 5.61. The van der Waals surface area contributed by atoms with Gasteiger partial charge in [0.15, 0.2) is 0 Å². The summed E-state index contributed by atoms with van der Waals surface area (Å²) in [6, 6.07) is 4.68. The van der Waals surface area contributed by atoms with Gasteiger partial charge in [-0.25, -0.2) is 0 Å². The molecule has 2 fully saturated rings. The Morgan fingerprint density at radius 3 is 2.54 bits per heavy atom. The summed E-state index contributed by atoms with van der Waals surface area (Å²) in [5.74, 6) is 2.23. The highest BCUT2D eigenvalue weighted by atomic mass is 35.5. The maximum absolute atomic E-state index is 12.6. The van der Waals surface area contributed by atoms with Gasteiger partial charge < -0.3 is 10.6 Å². The molecule has 1 aromatic rings. The van der Waals surface area contributed by atoms with Crippen LogP contribution < -0.4 is 10.6 Å². The van der Waals surface area contributed by atoms with Crippen molar-refractivity contribution in [3.05, 3.63) is 22.4 Å². The summed E-state index contributed by atoms with van der Waals surface area (Å²) >= 11 is 1.81. The van der Waals surface area contributed by atoms with Crippen molar-refractivity contribution < 1.29 is 4.79 Å². The summed E-state index contributed by atoms with van der Waals surface area (Å²) in [7, 11) is 0. The fourth-order valence-electron chi connectivity index (χ4n) is 4.39. The van der Waals surface area contributed by atoms with E-state index in [-0.39, 0.29) is 30.7 Å². The molecule has 2 atom stereocenters. The molecular formula is C21H37Cl2N3OS. The fraction of sp³-hybridized carbons (Fsp3) is 0.762. The monoisotopic (exact) mass is 449 g/mol. The molecule has 2 unspecified atom stereocenters. The molecule has 0 saturated carbocycles. The van der Waals surface area contributed by atoms with Crippen LogP contribution in [0.5, 0.6) is 0 Å². The molecule has 4 nitrogen and oxygen atoms in total. The Balaban J connectivity index is 0.00000196. The lowest BCUT2D eigenvalue weighted by Crippen LogP contribution is -2.42. The Hall–Kier alpha value is -0.330. The van der Waals surface area contributed by atoms with Crippen LogP contribution in [0.2, 0.25) is 0 Å². The molecule has 1 aromatic heterocycles. The van der Waals surface area contributed by atoms with Crippen molar-refractivity contribution in [2.24, 2.45) is 17.8 Å². The molecule has 2 saturated heterocycles. The molecule has 28 heavy (non-hydrogen) atoms. The zero-order valence-corrected chi connectivity index (χ0v) is 19.6. The maximum Gasteiger partial charge on any atom is 0.220 e. The van der Waals surface area contributed by atoms with Crippen LogP contribution in [0.15, 0.2) is 17.5 Å². The summed E-state index contributed by atoms with van der Waals surface area (Å²) in [5, 5.41) is 8.82. The zero-order chi connectivity index (χ0) is 18.4. The van der Waals surface area contributed by atoms with E-state index in [4.69, 9.17) is 0 Å². The topological polar surface area (TPSA) is 44.4 Å². The molecule has 0 spiro atoms. The first kappa shape index (κ1) is 25.7. The molecule has 2 N–H and O–H groups in total. The van der Waals surface area contributed by atoms with Gasteiger partial charge in [-0.1, -0.05) is 19.9 Å². The van der Waals surface area contributed by atoms with Crippen molar-refractivity contribution in [1.29, 1.82) is 0 Å². The predicted molar refractivity (Wildman–Crippen MR) is 124 cm³/mol. The van der Waals surface area contributed by atoms with Gasteiger partial charge in [0.2, 0.25) is 5.91 Å². The summed E-state index contributed by atoms with van der Waals surface area (Å²) in [5.41, 5.74) is 0. The number of rotatable bonds is 7. The molecule has 2 aliphatic heterocycles. The van der Waals surface area contributed by atoms with Crippen LogP contribution in [-0.2, 0) is 4.79 Å². The molecule has 0 bridgehead atoms. The van der Waals surface area contributed by atoms with Crippen LogP contribution in [0, 0.1) is 17.8 Å². The Kier molecular flexibility index (Phi) is 12.0. The number of nitrogens with zero attached hydrogens (tertiary/aromatic N) is 1. The van der Waals surface area contributed by atoms with Gasteiger partial charge in [0.1, 0.15) is 0 Å². The van der Waals surface area contributed by atoms with Gasteiger partial charge in [0, 0.05) is 17.8 Å². The number of hydrogen-bond donors (Lipinski definition) is 2. The van der Waals surface area contributed by atoms with Crippen LogP contribution >= 0.6 is 36.2 Å². The van der Waals surface area contributed by atoms with E-state index in [0.29, 0.717) is 24.3 Å². The third kappa shape index (κ3) is 7.49. The molecule has 1 amide bonds. The lowest BCUT2D eigenvalue weighted by Gasteiger charge is -2.36. The largest absolute Gasteiger partial charge is 0.354 e. The minimum Gasteiger partial charge on any atom is -0.354 e. The molecular weight excluding hydrogens is 413 g/mol. The number of piperidine rings is 2. The predicted octanol–water partition coefficient (Wildman–Crippen LogP) is 4.51. The number of carbonyl (C=O) groups is 1. The van der Waals surface area contributed by atoms with Gasteiger partial charge in [-0.2, -0.15) is 0 Å². The molecule has 0 aromatic carbocycles. The lowest BCUT2D eigenvalue weighted by atomic mass is 9.84. The van der Waals surface area contributed by atoms with E-state index < -0.39 is 0 Å². The Labute approximate surface area is 187 Å². The first-order valence-corrected chi connectivity index (χ1v) is 11.3. The van der Waals surface area contributed by atoms with Crippen molar-refractivity contribution in [3.63, 3.8) is 0 Å². The van der Waals surface area contributed by atoms with Crippen molar-refractivity contribution in [2.45, 2.75) is 52.0 Å². The molecule has 3 heterocycles. The number of halogens is 2. The van der Waals surface area contributed by atoms with Gasteiger partial charge in [0.05, 0.1) is 6.04 Å². The van der Waals surface area contributed by atoms with Crippen LogP contribution in [0.3, 0.4) is 0 Å². The number of carbonyl (C=O) groups excluding carboxylic acids is 1. The van der Waals surface area contributed by atoms with E-state index in [9.17, 15) is 4.79 Å². The smallest absolute Gasteiger partial charge is 0.220 e. The van der Waals surface area contributed by atoms with Crippen molar-refractivity contribution in [2.75, 3.05) is 32.7 Å². The second-order valence-corrected chi connectivity index (χ2v) is 9.30. The van der Waals surface area contributed by atoms with E-state index in [0.717, 1.165) is 38.6 Å². The van der Waals surface area contributed by atoms with Gasteiger partial charge in [-0.3, -0.25) is 9.69 Å². The highest BCUT2D eigenvalue weighted by Gasteiger charge is 2.27. The first-order chi connectivity index (χ1) is 12.6. The Morgan fingerprint density at radius 1 is 1.25 bits per heavy atom. The average molecular weight is 451 g/mol. The fourth-order valence-corrected chi connectivity index (χ4v) is 5.25. The van der Waals surface area contributed by atoms with E-state index in [1.165, 1.54) is 30.6 Å². The minimum atomic E-state index is 0. The first-order valence-electron chi connectivity index (χ1n) is 10.4. The number of thiophene rings is 1. The third-order valence-corrected chi connectivity index (χ3v) is 7.29. The van der Waals surface area contributed by atoms with Crippen LogP contribution in [-0.4, -0.2) is 43.5 Å². The van der Waals surface area contributed by atoms with Crippen LogP contribution in [0.25, 0.3) is 0 Å². The molecule has 162 valence electrons. The minimum absolute atomic E-state index is 0. The second kappa shape index (κ2) is 13.1. The normalized spacial score (nSPS) is 21.2. The standard InChI is InChI=1S/C21H35N3OS.2ClH/c1-16-7-11-24(12-8-16)19(20-4-3-13-26-20)15-23-21(25)14-17(2)18-5-9-22-10-6-18;;/h3-4,13,16-19,22H,5-12,14-15H2,1-2H3,(H,23,25);2*1H. The molecule has 0 aliphatic carbocycles. The molecule has 0 radical (unpaired) electrons. The number of likely N-dealkylation sites (tertiary alicyclic amines) is 1. The highest BCUT2D eigenvalue weighted by Crippen LogP contribution is 2.29. The van der Waals surface area contributed by atoms with Gasteiger partial charge in [0.25, 0.3) is 0 Å². The van der Waals surface area contributed by atoms with Crippen molar-refractivity contribution in [1.82, 2.24) is 15.5 Å². The Morgan fingerprint density at radius 2 is 1.93 bits per heavy atom. The van der Waals surface area contributed by atoms with E-state index in [2.05, 4.69) is 46.9 Å². The van der Waals surface area contributed by atoms with E-state index in [1.807, 2.05) is 11.3 Å². The number of amides is 1. The SMILES string of the molecule is CC1CCN(C(CNC(=O)CC(C)C2CCNCC2)c2cccs2)CC1.Cl.Cl. The summed E-state index contributed by atoms with van der Waals surface area (Å²) in [6.45, 7) is 9.83. The highest BCUT2D eigenvalue weighted by molar-refractivity contribution is 7.10. The third-order valence-electron chi connectivity index (χ3n) is 6.32. The lowest BCUT2D eigenvalue weighted by molar-refractivity contribution is -0.122. The second-order valence-electron chi connectivity index (χ2n) is 8.32.